The molecule has 3 rings (SSSR count). The summed E-state index contributed by atoms with van der Waals surface area (Å²) in [5, 5.41) is 10.7. The molecular weight excluding hydrogens is 274 g/mol. The van der Waals surface area contributed by atoms with Crippen LogP contribution in [0.25, 0.3) is 0 Å². The van der Waals surface area contributed by atoms with Gasteiger partial charge in [-0.2, -0.15) is 0 Å². The van der Waals surface area contributed by atoms with Gasteiger partial charge >= 0.3 is 0 Å². The van der Waals surface area contributed by atoms with Crippen LogP contribution in [-0.2, 0) is 11.2 Å². The van der Waals surface area contributed by atoms with Crippen molar-refractivity contribution in [3.63, 3.8) is 0 Å². The summed E-state index contributed by atoms with van der Waals surface area (Å²) in [5.74, 6) is 0.262. The zero-order valence-corrected chi connectivity index (χ0v) is 13.6. The van der Waals surface area contributed by atoms with E-state index in [1.807, 2.05) is 23.1 Å². The largest absolute Gasteiger partial charge is 0.389 e. The molecule has 22 heavy (non-hydrogen) atoms. The third kappa shape index (κ3) is 2.67. The van der Waals surface area contributed by atoms with Gasteiger partial charge in [0, 0.05) is 24.9 Å². The van der Waals surface area contributed by atoms with E-state index in [0.29, 0.717) is 6.42 Å². The topological polar surface area (TPSA) is 40.5 Å². The predicted octanol–water partition coefficient (Wildman–Crippen LogP) is 3.16. The Labute approximate surface area is 133 Å². The van der Waals surface area contributed by atoms with Crippen LogP contribution in [0, 0.1) is 5.41 Å². The van der Waals surface area contributed by atoms with Gasteiger partial charge in [-0.3, -0.25) is 4.79 Å². The zero-order valence-electron chi connectivity index (χ0n) is 13.6. The fourth-order valence-corrected chi connectivity index (χ4v) is 4.27. The number of hydrogen-bond donors (Lipinski definition) is 1. The lowest BCUT2D eigenvalue weighted by atomic mass is 9.51. The van der Waals surface area contributed by atoms with Gasteiger partial charge in [-0.1, -0.05) is 37.3 Å². The van der Waals surface area contributed by atoms with E-state index in [0.717, 1.165) is 51.6 Å². The van der Waals surface area contributed by atoms with Crippen molar-refractivity contribution in [1.29, 1.82) is 0 Å². The van der Waals surface area contributed by atoms with Crippen LogP contribution in [-0.4, -0.2) is 34.6 Å². The fraction of sp³-hybridized carbons (Fsp3) is 0.632. The number of nitrogens with zero attached hydrogens (tertiary/aromatic N) is 1. The van der Waals surface area contributed by atoms with Gasteiger partial charge in [0.2, 0.25) is 5.91 Å². The molecule has 3 heteroatoms. The molecule has 2 aliphatic rings. The molecule has 0 bridgehead atoms. The fourth-order valence-electron chi connectivity index (χ4n) is 4.27. The molecule has 3 nitrogen and oxygen atoms in total. The van der Waals surface area contributed by atoms with Crippen molar-refractivity contribution in [2.75, 3.05) is 13.1 Å². The monoisotopic (exact) mass is 301 g/mol. The number of carbonyl (C=O) groups excluding carboxylic acids is 1. The molecule has 0 radical (unpaired) electrons. The van der Waals surface area contributed by atoms with E-state index in [1.54, 1.807) is 0 Å². The lowest BCUT2D eigenvalue weighted by molar-refractivity contribution is -0.192. The summed E-state index contributed by atoms with van der Waals surface area (Å²) < 4.78 is 0. The van der Waals surface area contributed by atoms with E-state index in [-0.39, 0.29) is 11.3 Å². The minimum absolute atomic E-state index is 0.0952. The Hall–Kier alpha value is -1.35. The van der Waals surface area contributed by atoms with Crippen molar-refractivity contribution >= 4 is 5.91 Å². The highest BCUT2D eigenvalue weighted by Crippen LogP contribution is 2.57. The van der Waals surface area contributed by atoms with Gasteiger partial charge in [-0.05, 0) is 44.1 Å². The molecule has 1 saturated heterocycles. The van der Waals surface area contributed by atoms with Crippen LogP contribution in [0.2, 0.25) is 0 Å². The number of amides is 1. The zero-order chi connectivity index (χ0) is 15.6. The Bertz CT molecular complexity index is 515. The first-order valence-corrected chi connectivity index (χ1v) is 8.63. The molecule has 1 atom stereocenters. The Morgan fingerprint density at radius 1 is 1.14 bits per heavy atom. The summed E-state index contributed by atoms with van der Waals surface area (Å²) in [6, 6.07) is 10.2. The second kappa shape index (κ2) is 6.04. The predicted molar refractivity (Wildman–Crippen MR) is 87.5 cm³/mol. The van der Waals surface area contributed by atoms with Crippen LogP contribution >= 0.6 is 0 Å². The third-order valence-corrected chi connectivity index (χ3v) is 6.13. The maximum Gasteiger partial charge on any atom is 0.222 e. The first-order chi connectivity index (χ1) is 10.6. The Balaban J connectivity index is 1.50. The van der Waals surface area contributed by atoms with Crippen LogP contribution in [0.4, 0.5) is 0 Å². The minimum Gasteiger partial charge on any atom is -0.389 e. The molecule has 1 heterocycles. The van der Waals surface area contributed by atoms with Crippen LogP contribution in [0.3, 0.4) is 0 Å². The highest BCUT2D eigenvalue weighted by atomic mass is 16.3. The third-order valence-electron chi connectivity index (χ3n) is 6.13. The summed E-state index contributed by atoms with van der Waals surface area (Å²) in [6.07, 6.45) is 6.25. The summed E-state index contributed by atoms with van der Waals surface area (Å²) in [5.41, 5.74) is 0.855. The molecule has 1 spiro atoms. The maximum absolute atomic E-state index is 12.4. The second-order valence-electron chi connectivity index (χ2n) is 7.03. The quantitative estimate of drug-likeness (QED) is 0.928. The number of aryl methyl sites for hydroxylation is 1. The summed E-state index contributed by atoms with van der Waals surface area (Å²) in [6.45, 7) is 3.71. The van der Waals surface area contributed by atoms with Gasteiger partial charge in [0.05, 0.1) is 5.60 Å². The molecule has 120 valence electrons. The second-order valence-corrected chi connectivity index (χ2v) is 7.03. The maximum atomic E-state index is 12.4. The SMILES string of the molecule is CCC1(O)CCC12CCN(C(=O)CCc1ccccc1)CC2. The molecule has 1 aliphatic carbocycles. The van der Waals surface area contributed by atoms with Gasteiger partial charge in [0.1, 0.15) is 0 Å². The summed E-state index contributed by atoms with van der Waals surface area (Å²) in [4.78, 5) is 14.4. The molecule has 1 aliphatic heterocycles. The van der Waals surface area contributed by atoms with Crippen molar-refractivity contribution in [1.82, 2.24) is 4.90 Å². The Morgan fingerprint density at radius 2 is 1.82 bits per heavy atom. The average Bonchev–Trinajstić information content (AvgIpc) is 2.59. The van der Waals surface area contributed by atoms with Gasteiger partial charge in [-0.15, -0.1) is 0 Å². The molecule has 1 unspecified atom stereocenters. The highest BCUT2D eigenvalue weighted by Gasteiger charge is 2.57. The smallest absolute Gasteiger partial charge is 0.222 e. The van der Waals surface area contributed by atoms with Crippen molar-refractivity contribution in [2.24, 2.45) is 5.41 Å². The van der Waals surface area contributed by atoms with Crippen LogP contribution < -0.4 is 0 Å². The van der Waals surface area contributed by atoms with E-state index in [4.69, 9.17) is 0 Å². The number of piperidine rings is 1. The van der Waals surface area contributed by atoms with E-state index in [1.165, 1.54) is 5.56 Å². The van der Waals surface area contributed by atoms with E-state index in [9.17, 15) is 9.90 Å². The number of likely N-dealkylation sites (tertiary alicyclic amines) is 1. The van der Waals surface area contributed by atoms with Crippen molar-refractivity contribution in [3.8, 4) is 0 Å². The van der Waals surface area contributed by atoms with Crippen molar-refractivity contribution in [2.45, 2.75) is 57.5 Å². The molecule has 1 amide bonds. The van der Waals surface area contributed by atoms with E-state index in [2.05, 4.69) is 19.1 Å². The standard InChI is InChI=1S/C19H27NO2/c1-2-19(22)11-10-18(19)12-14-20(15-13-18)17(21)9-8-16-6-4-3-5-7-16/h3-7,22H,2,8-15H2,1H3. The first-order valence-electron chi connectivity index (χ1n) is 8.63. The number of carbonyl (C=O) groups is 1. The molecule has 1 aromatic rings. The summed E-state index contributed by atoms with van der Waals surface area (Å²) in [7, 11) is 0. The van der Waals surface area contributed by atoms with Gasteiger partial charge in [0.25, 0.3) is 0 Å². The van der Waals surface area contributed by atoms with E-state index < -0.39 is 5.60 Å². The molecule has 0 aromatic heterocycles. The normalized spacial score (nSPS) is 26.7. The Morgan fingerprint density at radius 3 is 2.36 bits per heavy atom. The molecule has 2 fully saturated rings. The van der Waals surface area contributed by atoms with Crippen molar-refractivity contribution < 1.29 is 9.90 Å². The Kier molecular flexibility index (Phi) is 4.26. The highest BCUT2D eigenvalue weighted by molar-refractivity contribution is 5.76. The first kappa shape index (κ1) is 15.5. The molecule has 1 aromatic carbocycles. The average molecular weight is 301 g/mol. The van der Waals surface area contributed by atoms with Crippen LogP contribution in [0.1, 0.15) is 51.0 Å². The van der Waals surface area contributed by atoms with Crippen LogP contribution in [0.5, 0.6) is 0 Å². The number of aliphatic hydroxyl groups is 1. The number of benzene rings is 1. The number of rotatable bonds is 4. The lowest BCUT2D eigenvalue weighted by Gasteiger charge is -2.59. The molecular formula is C19H27NO2. The van der Waals surface area contributed by atoms with Crippen molar-refractivity contribution in [3.05, 3.63) is 35.9 Å². The molecule has 1 N–H and O–H groups in total. The van der Waals surface area contributed by atoms with Crippen LogP contribution in [0.15, 0.2) is 30.3 Å². The lowest BCUT2D eigenvalue weighted by Crippen LogP contribution is -2.61. The molecule has 1 saturated carbocycles. The van der Waals surface area contributed by atoms with E-state index >= 15 is 0 Å². The van der Waals surface area contributed by atoms with Gasteiger partial charge in [0.15, 0.2) is 0 Å². The number of hydrogen-bond acceptors (Lipinski definition) is 2. The van der Waals surface area contributed by atoms with Gasteiger partial charge < -0.3 is 10.0 Å². The summed E-state index contributed by atoms with van der Waals surface area (Å²) >= 11 is 0. The van der Waals surface area contributed by atoms with Gasteiger partial charge in [-0.25, -0.2) is 0 Å². The minimum atomic E-state index is -0.466.